The Morgan fingerprint density at radius 1 is 0.950 bits per heavy atom. The standard InChI is InChI=1S/C17H14O3/c18-16(11-10-13-6-2-1-3-7-13)15-9-5-4-8-14(15)12-17(19)20/h1-11H,12H2,(H,19,20)/b11-10+. The van der Waals surface area contributed by atoms with Crippen LogP contribution in [0, 0.1) is 0 Å². The molecule has 0 bridgehead atoms. The summed E-state index contributed by atoms with van der Waals surface area (Å²) >= 11 is 0. The van der Waals surface area contributed by atoms with E-state index in [1.165, 1.54) is 6.08 Å². The normalized spacial score (nSPS) is 10.6. The van der Waals surface area contributed by atoms with Crippen molar-refractivity contribution >= 4 is 17.8 Å². The van der Waals surface area contributed by atoms with Gasteiger partial charge in [-0.25, -0.2) is 0 Å². The summed E-state index contributed by atoms with van der Waals surface area (Å²) in [5.74, 6) is -1.14. The molecule has 0 aliphatic heterocycles. The van der Waals surface area contributed by atoms with Crippen molar-refractivity contribution in [1.29, 1.82) is 0 Å². The van der Waals surface area contributed by atoms with E-state index in [2.05, 4.69) is 0 Å². The van der Waals surface area contributed by atoms with E-state index in [1.54, 1.807) is 30.3 Å². The van der Waals surface area contributed by atoms with Gasteiger partial charge in [0.25, 0.3) is 0 Å². The van der Waals surface area contributed by atoms with Gasteiger partial charge in [0.15, 0.2) is 5.78 Å². The third kappa shape index (κ3) is 3.65. The first-order valence-corrected chi connectivity index (χ1v) is 6.24. The van der Waals surface area contributed by atoms with E-state index in [0.717, 1.165) is 5.56 Å². The minimum Gasteiger partial charge on any atom is -0.481 e. The van der Waals surface area contributed by atoms with Gasteiger partial charge in [-0.05, 0) is 17.2 Å². The molecule has 0 radical (unpaired) electrons. The lowest BCUT2D eigenvalue weighted by atomic mass is 10.0. The van der Waals surface area contributed by atoms with Gasteiger partial charge in [-0.1, -0.05) is 60.7 Å². The molecule has 0 amide bonds. The van der Waals surface area contributed by atoms with Crippen LogP contribution < -0.4 is 0 Å². The minimum atomic E-state index is -0.947. The zero-order chi connectivity index (χ0) is 14.4. The summed E-state index contributed by atoms with van der Waals surface area (Å²) in [7, 11) is 0. The van der Waals surface area contributed by atoms with Gasteiger partial charge in [-0.2, -0.15) is 0 Å². The molecule has 100 valence electrons. The number of carboxylic acid groups (broad SMARTS) is 1. The Hall–Kier alpha value is -2.68. The third-order valence-corrected chi connectivity index (χ3v) is 2.85. The molecule has 0 spiro atoms. The highest BCUT2D eigenvalue weighted by atomic mass is 16.4. The van der Waals surface area contributed by atoms with Crippen LogP contribution in [-0.2, 0) is 11.2 Å². The molecule has 0 saturated carbocycles. The Kier molecular flexibility index (Phi) is 4.45. The molecule has 1 N–H and O–H groups in total. The summed E-state index contributed by atoms with van der Waals surface area (Å²) in [6.07, 6.45) is 3.04. The van der Waals surface area contributed by atoms with Crippen LogP contribution in [0.25, 0.3) is 6.08 Å². The van der Waals surface area contributed by atoms with Crippen LogP contribution in [0.1, 0.15) is 21.5 Å². The molecule has 2 aromatic rings. The fourth-order valence-corrected chi connectivity index (χ4v) is 1.90. The van der Waals surface area contributed by atoms with E-state index < -0.39 is 5.97 Å². The number of hydrogen-bond acceptors (Lipinski definition) is 2. The van der Waals surface area contributed by atoms with Crippen LogP contribution in [0.5, 0.6) is 0 Å². The Morgan fingerprint density at radius 3 is 2.30 bits per heavy atom. The van der Waals surface area contributed by atoms with Gasteiger partial charge >= 0.3 is 5.97 Å². The quantitative estimate of drug-likeness (QED) is 0.668. The number of carboxylic acids is 1. The van der Waals surface area contributed by atoms with Crippen molar-refractivity contribution in [3.05, 3.63) is 77.4 Å². The predicted molar refractivity (Wildman–Crippen MR) is 77.6 cm³/mol. The lowest BCUT2D eigenvalue weighted by Gasteiger charge is -2.03. The second kappa shape index (κ2) is 6.48. The minimum absolute atomic E-state index is 0.152. The van der Waals surface area contributed by atoms with Gasteiger partial charge < -0.3 is 5.11 Å². The predicted octanol–water partition coefficient (Wildman–Crippen LogP) is 3.21. The topological polar surface area (TPSA) is 54.4 Å². The lowest BCUT2D eigenvalue weighted by Crippen LogP contribution is -2.06. The van der Waals surface area contributed by atoms with E-state index in [1.807, 2.05) is 30.3 Å². The van der Waals surface area contributed by atoms with E-state index in [9.17, 15) is 9.59 Å². The molecule has 0 atom stereocenters. The highest BCUT2D eigenvalue weighted by Crippen LogP contribution is 2.12. The number of carbonyl (C=O) groups is 2. The number of carbonyl (C=O) groups excluding carboxylic acids is 1. The maximum absolute atomic E-state index is 12.1. The number of ketones is 1. The number of allylic oxidation sites excluding steroid dienone is 1. The molecule has 2 aromatic carbocycles. The van der Waals surface area contributed by atoms with Crippen molar-refractivity contribution in [1.82, 2.24) is 0 Å². The second-order valence-corrected chi connectivity index (χ2v) is 4.34. The Bertz CT molecular complexity index is 642. The summed E-state index contributed by atoms with van der Waals surface area (Å²) in [5, 5.41) is 8.85. The first-order valence-electron chi connectivity index (χ1n) is 6.24. The molecule has 20 heavy (non-hydrogen) atoms. The SMILES string of the molecule is O=C(O)Cc1ccccc1C(=O)/C=C/c1ccccc1. The first-order chi connectivity index (χ1) is 9.66. The van der Waals surface area contributed by atoms with Crippen LogP contribution in [0.3, 0.4) is 0 Å². The molecule has 0 aliphatic carbocycles. The maximum Gasteiger partial charge on any atom is 0.307 e. The zero-order valence-electron chi connectivity index (χ0n) is 10.8. The molecule has 3 heteroatoms. The molecule has 0 aromatic heterocycles. The summed E-state index contributed by atoms with van der Waals surface area (Å²) < 4.78 is 0. The monoisotopic (exact) mass is 266 g/mol. The highest BCUT2D eigenvalue weighted by molar-refractivity contribution is 6.08. The van der Waals surface area contributed by atoms with Gasteiger partial charge in [0, 0.05) is 5.56 Å². The van der Waals surface area contributed by atoms with Crippen molar-refractivity contribution in [2.24, 2.45) is 0 Å². The number of benzene rings is 2. The fraction of sp³-hybridized carbons (Fsp3) is 0.0588. The van der Waals surface area contributed by atoms with Crippen LogP contribution in [0.4, 0.5) is 0 Å². The van der Waals surface area contributed by atoms with Crippen molar-refractivity contribution in [2.75, 3.05) is 0 Å². The summed E-state index contributed by atoms with van der Waals surface area (Å²) in [6.45, 7) is 0. The van der Waals surface area contributed by atoms with Gasteiger partial charge in [-0.3, -0.25) is 9.59 Å². The first kappa shape index (κ1) is 13.7. The molecule has 3 nitrogen and oxygen atoms in total. The maximum atomic E-state index is 12.1. The third-order valence-electron chi connectivity index (χ3n) is 2.85. The molecule has 0 saturated heterocycles. The highest BCUT2D eigenvalue weighted by Gasteiger charge is 2.10. The zero-order valence-corrected chi connectivity index (χ0v) is 10.8. The van der Waals surface area contributed by atoms with Crippen LogP contribution >= 0.6 is 0 Å². The summed E-state index contributed by atoms with van der Waals surface area (Å²) in [5.41, 5.74) is 1.89. The number of aliphatic carboxylic acids is 1. The molecule has 0 aliphatic rings. The van der Waals surface area contributed by atoms with Crippen molar-refractivity contribution in [3.8, 4) is 0 Å². The van der Waals surface area contributed by atoms with Crippen LogP contribution in [0.2, 0.25) is 0 Å². The molecule has 0 unspecified atom stereocenters. The van der Waals surface area contributed by atoms with E-state index >= 15 is 0 Å². The summed E-state index contributed by atoms with van der Waals surface area (Å²) in [4.78, 5) is 22.9. The number of hydrogen-bond donors (Lipinski definition) is 1. The Labute approximate surface area is 117 Å². The second-order valence-electron chi connectivity index (χ2n) is 4.34. The van der Waals surface area contributed by atoms with Gasteiger partial charge in [0.2, 0.25) is 0 Å². The van der Waals surface area contributed by atoms with Gasteiger partial charge in [-0.15, -0.1) is 0 Å². The van der Waals surface area contributed by atoms with Crippen LogP contribution in [-0.4, -0.2) is 16.9 Å². The lowest BCUT2D eigenvalue weighted by molar-refractivity contribution is -0.136. The largest absolute Gasteiger partial charge is 0.481 e. The molecule has 2 rings (SSSR count). The average Bonchev–Trinajstić information content (AvgIpc) is 2.46. The van der Waals surface area contributed by atoms with Gasteiger partial charge in [0.1, 0.15) is 0 Å². The molecular weight excluding hydrogens is 252 g/mol. The molecule has 0 heterocycles. The fourth-order valence-electron chi connectivity index (χ4n) is 1.90. The number of rotatable bonds is 5. The Balaban J connectivity index is 2.21. The van der Waals surface area contributed by atoms with Gasteiger partial charge in [0.05, 0.1) is 6.42 Å². The molecular formula is C17H14O3. The average molecular weight is 266 g/mol. The van der Waals surface area contributed by atoms with E-state index in [4.69, 9.17) is 5.11 Å². The summed E-state index contributed by atoms with van der Waals surface area (Å²) in [6, 6.07) is 16.3. The van der Waals surface area contributed by atoms with Crippen molar-refractivity contribution in [3.63, 3.8) is 0 Å². The van der Waals surface area contributed by atoms with E-state index in [-0.39, 0.29) is 12.2 Å². The van der Waals surface area contributed by atoms with E-state index in [0.29, 0.717) is 11.1 Å². The smallest absolute Gasteiger partial charge is 0.307 e. The van der Waals surface area contributed by atoms with Crippen LogP contribution in [0.15, 0.2) is 60.7 Å². The molecule has 0 fully saturated rings. The Morgan fingerprint density at radius 2 is 1.60 bits per heavy atom. The van der Waals surface area contributed by atoms with Crippen molar-refractivity contribution < 1.29 is 14.7 Å². The van der Waals surface area contributed by atoms with Crippen molar-refractivity contribution in [2.45, 2.75) is 6.42 Å².